The predicted molar refractivity (Wildman–Crippen MR) is 118 cm³/mol. The van der Waals surface area contributed by atoms with Crippen molar-refractivity contribution in [3.63, 3.8) is 0 Å². The minimum atomic E-state index is -1.07. The van der Waals surface area contributed by atoms with E-state index in [4.69, 9.17) is 26.2 Å². The fourth-order valence-corrected chi connectivity index (χ4v) is 3.45. The van der Waals surface area contributed by atoms with Crippen LogP contribution < -0.4 is 14.8 Å². The van der Waals surface area contributed by atoms with Gasteiger partial charge >= 0.3 is 5.97 Å². The van der Waals surface area contributed by atoms with Gasteiger partial charge in [-0.25, -0.2) is 9.79 Å². The van der Waals surface area contributed by atoms with Crippen LogP contribution in [-0.2, 0) is 9.59 Å². The quantitative estimate of drug-likeness (QED) is 0.608. The third-order valence-electron chi connectivity index (χ3n) is 3.93. The third-order valence-corrected chi connectivity index (χ3v) is 5.09. The monoisotopic (exact) mass is 446 g/mol. The molecule has 1 amide bonds. The zero-order valence-corrected chi connectivity index (χ0v) is 17.8. The van der Waals surface area contributed by atoms with E-state index < -0.39 is 12.1 Å². The topological polar surface area (TPSA) is 97.2 Å². The molecule has 1 aliphatic rings. The van der Waals surface area contributed by atoms with Crippen molar-refractivity contribution in [3.8, 4) is 11.5 Å². The molecule has 7 nitrogen and oxygen atoms in total. The van der Waals surface area contributed by atoms with Gasteiger partial charge in [-0.15, -0.1) is 0 Å². The number of carboxylic acid groups (broad SMARTS) is 1. The van der Waals surface area contributed by atoms with Gasteiger partial charge in [0.1, 0.15) is 0 Å². The number of ether oxygens (including phenoxy) is 2. The highest BCUT2D eigenvalue weighted by Gasteiger charge is 2.24. The zero-order chi connectivity index (χ0) is 21.7. The van der Waals surface area contributed by atoms with Crippen LogP contribution in [-0.4, -0.2) is 34.9 Å². The van der Waals surface area contributed by atoms with E-state index in [-0.39, 0.29) is 5.91 Å². The Kier molecular flexibility index (Phi) is 7.02. The molecule has 2 aromatic carbocycles. The number of thioether (sulfide) groups is 1. The molecule has 1 saturated heterocycles. The van der Waals surface area contributed by atoms with E-state index >= 15 is 0 Å². The molecule has 1 aliphatic heterocycles. The molecule has 2 aromatic rings. The first-order chi connectivity index (χ1) is 14.4. The highest BCUT2D eigenvalue weighted by molar-refractivity contribution is 8.18. The van der Waals surface area contributed by atoms with Gasteiger partial charge in [0, 0.05) is 5.02 Å². The second kappa shape index (κ2) is 9.69. The van der Waals surface area contributed by atoms with Gasteiger partial charge in [0.2, 0.25) is 0 Å². The van der Waals surface area contributed by atoms with E-state index in [1.165, 1.54) is 18.7 Å². The van der Waals surface area contributed by atoms with E-state index in [1.54, 1.807) is 48.5 Å². The summed E-state index contributed by atoms with van der Waals surface area (Å²) < 4.78 is 11.0. The second-order valence-electron chi connectivity index (χ2n) is 6.20. The highest BCUT2D eigenvalue weighted by Crippen LogP contribution is 2.33. The minimum absolute atomic E-state index is 0.259. The van der Waals surface area contributed by atoms with Crippen LogP contribution in [0.5, 0.6) is 11.5 Å². The lowest BCUT2D eigenvalue weighted by Gasteiger charge is -2.15. The van der Waals surface area contributed by atoms with Gasteiger partial charge in [0.05, 0.1) is 17.2 Å². The van der Waals surface area contributed by atoms with Crippen LogP contribution in [0.1, 0.15) is 19.4 Å². The van der Waals surface area contributed by atoms with Crippen molar-refractivity contribution >= 4 is 52.2 Å². The molecular formula is C21H19ClN2O5S. The Bertz CT molecular complexity index is 1020. The number of carboxylic acids is 1. The van der Waals surface area contributed by atoms with E-state index in [1.807, 2.05) is 6.92 Å². The lowest BCUT2D eigenvalue weighted by molar-refractivity contribution is -0.144. The average molecular weight is 447 g/mol. The predicted octanol–water partition coefficient (Wildman–Crippen LogP) is 4.48. The number of amides is 1. The van der Waals surface area contributed by atoms with Gasteiger partial charge in [-0.05, 0) is 73.6 Å². The van der Waals surface area contributed by atoms with Crippen molar-refractivity contribution in [2.45, 2.75) is 20.0 Å². The van der Waals surface area contributed by atoms with Gasteiger partial charge in [-0.3, -0.25) is 4.79 Å². The number of benzene rings is 2. The number of nitrogens with one attached hydrogen (secondary N) is 1. The first kappa shape index (κ1) is 21.7. The summed E-state index contributed by atoms with van der Waals surface area (Å²) in [7, 11) is 0. The summed E-state index contributed by atoms with van der Waals surface area (Å²) >= 11 is 7.09. The first-order valence-corrected chi connectivity index (χ1v) is 10.3. The normalized spacial score (nSPS) is 17.1. The second-order valence-corrected chi connectivity index (χ2v) is 7.66. The molecule has 0 aromatic heterocycles. The smallest absolute Gasteiger partial charge is 0.344 e. The molecule has 3 rings (SSSR count). The first-order valence-electron chi connectivity index (χ1n) is 9.07. The Balaban J connectivity index is 1.81. The third kappa shape index (κ3) is 5.55. The molecule has 1 atom stereocenters. The summed E-state index contributed by atoms with van der Waals surface area (Å²) in [5.41, 5.74) is 1.38. The standard InChI is InChI=1S/C21H19ClN2O5S/c1-3-28-17-10-13(4-9-16(17)29-12(2)20(26)27)11-18-19(25)24-21(30-18)23-15-7-5-14(22)6-8-15/h4-12H,3H2,1-2H3,(H,26,27)(H,23,24,25)/b18-11+/t12-/m0/s1. The number of halogens is 1. The highest BCUT2D eigenvalue weighted by atomic mass is 35.5. The van der Waals surface area contributed by atoms with Crippen molar-refractivity contribution < 1.29 is 24.2 Å². The molecule has 30 heavy (non-hydrogen) atoms. The fraction of sp³-hybridized carbons (Fsp3) is 0.190. The summed E-state index contributed by atoms with van der Waals surface area (Å²) in [6.45, 7) is 3.63. The van der Waals surface area contributed by atoms with E-state index in [9.17, 15) is 9.59 Å². The van der Waals surface area contributed by atoms with E-state index in [0.717, 1.165) is 0 Å². The average Bonchev–Trinajstić information content (AvgIpc) is 3.04. The van der Waals surface area contributed by atoms with Gasteiger partial charge < -0.3 is 19.9 Å². The Hall–Kier alpha value is -2.97. The molecule has 0 aliphatic carbocycles. The summed E-state index contributed by atoms with van der Waals surface area (Å²) in [6.07, 6.45) is 0.688. The number of carbonyl (C=O) groups is 2. The maximum absolute atomic E-state index is 12.3. The molecule has 1 heterocycles. The van der Waals surface area contributed by atoms with Crippen LogP contribution in [0.15, 0.2) is 52.4 Å². The van der Waals surface area contributed by atoms with Crippen LogP contribution in [0.3, 0.4) is 0 Å². The number of carbonyl (C=O) groups excluding carboxylic acids is 1. The summed E-state index contributed by atoms with van der Waals surface area (Å²) in [6, 6.07) is 12.0. The molecule has 0 radical (unpaired) electrons. The Morgan fingerprint density at radius 2 is 2.00 bits per heavy atom. The lowest BCUT2D eigenvalue weighted by Crippen LogP contribution is -2.23. The van der Waals surface area contributed by atoms with Gasteiger partial charge in [-0.2, -0.15) is 0 Å². The lowest BCUT2D eigenvalue weighted by atomic mass is 10.2. The summed E-state index contributed by atoms with van der Waals surface area (Å²) in [4.78, 5) is 28.2. The molecular weight excluding hydrogens is 428 g/mol. The van der Waals surface area contributed by atoms with Crippen LogP contribution in [0.25, 0.3) is 6.08 Å². The maximum atomic E-state index is 12.3. The van der Waals surface area contributed by atoms with Crippen LogP contribution in [0.2, 0.25) is 5.02 Å². The van der Waals surface area contributed by atoms with Crippen molar-refractivity contribution in [3.05, 3.63) is 58.0 Å². The number of aliphatic carboxylic acids is 1. The van der Waals surface area contributed by atoms with E-state index in [0.29, 0.717) is 44.5 Å². The summed E-state index contributed by atoms with van der Waals surface area (Å²) in [5, 5.41) is 12.8. The van der Waals surface area contributed by atoms with Crippen molar-refractivity contribution in [1.82, 2.24) is 5.32 Å². The SMILES string of the molecule is CCOc1cc(/C=C2/SC(=Nc3ccc(Cl)cc3)NC2=O)ccc1O[C@@H](C)C(=O)O. The van der Waals surface area contributed by atoms with Gasteiger partial charge in [0.25, 0.3) is 5.91 Å². The molecule has 0 unspecified atom stereocenters. The molecule has 1 fully saturated rings. The van der Waals surface area contributed by atoms with Crippen LogP contribution in [0.4, 0.5) is 5.69 Å². The number of amidine groups is 1. The molecule has 9 heteroatoms. The molecule has 0 saturated carbocycles. The molecule has 2 N–H and O–H groups in total. The van der Waals surface area contributed by atoms with Gasteiger partial charge in [-0.1, -0.05) is 17.7 Å². The van der Waals surface area contributed by atoms with E-state index in [2.05, 4.69) is 10.3 Å². The van der Waals surface area contributed by atoms with Crippen molar-refractivity contribution in [2.75, 3.05) is 6.61 Å². The van der Waals surface area contributed by atoms with Gasteiger partial charge in [0.15, 0.2) is 22.8 Å². The Morgan fingerprint density at radius 3 is 2.67 bits per heavy atom. The van der Waals surface area contributed by atoms with Crippen LogP contribution in [0, 0.1) is 0 Å². The number of hydrogen-bond donors (Lipinski definition) is 2. The Morgan fingerprint density at radius 1 is 1.27 bits per heavy atom. The number of aliphatic imine (C=N–C) groups is 1. The number of hydrogen-bond acceptors (Lipinski definition) is 6. The Labute approximate surface area is 182 Å². The largest absolute Gasteiger partial charge is 0.490 e. The minimum Gasteiger partial charge on any atom is -0.490 e. The molecule has 156 valence electrons. The van der Waals surface area contributed by atoms with Crippen molar-refractivity contribution in [2.24, 2.45) is 4.99 Å². The summed E-state index contributed by atoms with van der Waals surface area (Å²) in [5.74, 6) is -0.610. The fourth-order valence-electron chi connectivity index (χ4n) is 2.49. The maximum Gasteiger partial charge on any atom is 0.344 e. The number of nitrogens with zero attached hydrogens (tertiary/aromatic N) is 1. The zero-order valence-electron chi connectivity index (χ0n) is 16.2. The van der Waals surface area contributed by atoms with Crippen LogP contribution >= 0.6 is 23.4 Å². The molecule has 0 spiro atoms. The number of rotatable bonds is 7. The molecule has 0 bridgehead atoms. The van der Waals surface area contributed by atoms with Crippen molar-refractivity contribution in [1.29, 1.82) is 0 Å².